The van der Waals surface area contributed by atoms with Crippen LogP contribution in [-0.2, 0) is 13.0 Å². The molecule has 0 aliphatic carbocycles. The first-order chi connectivity index (χ1) is 11.7. The van der Waals surface area contributed by atoms with Crippen LogP contribution < -0.4 is 5.32 Å². The average Bonchev–Trinajstić information content (AvgIpc) is 3.18. The van der Waals surface area contributed by atoms with Crippen molar-refractivity contribution < 1.29 is 4.42 Å². The van der Waals surface area contributed by atoms with Crippen LogP contribution >= 0.6 is 11.8 Å². The Bertz CT molecular complexity index is 851. The standard InChI is InChI=1S/C18H20N4OS/c1-12-17(22-10-4-3-5-16(22)19-12)15-11-23-18(21-15)20-13-6-8-14(24-2)9-7-13/h6-9,11H,3-5,10H2,1-2H3,(H,20,21). The first-order valence-corrected chi connectivity index (χ1v) is 9.40. The average molecular weight is 340 g/mol. The van der Waals surface area contributed by atoms with Crippen molar-refractivity contribution in [2.45, 2.75) is 37.6 Å². The number of benzene rings is 1. The van der Waals surface area contributed by atoms with Gasteiger partial charge in [0.15, 0.2) is 0 Å². The van der Waals surface area contributed by atoms with Crippen molar-refractivity contribution in [3.05, 3.63) is 42.0 Å². The van der Waals surface area contributed by atoms with Crippen LogP contribution in [0.3, 0.4) is 0 Å². The Balaban J connectivity index is 1.60. The number of thioether (sulfide) groups is 1. The molecule has 2 aromatic heterocycles. The highest BCUT2D eigenvalue weighted by atomic mass is 32.2. The molecule has 1 N–H and O–H groups in total. The predicted molar refractivity (Wildman–Crippen MR) is 96.9 cm³/mol. The SMILES string of the molecule is CSc1ccc(Nc2nc(-c3c(C)nc4n3CCCC4)co2)cc1. The quantitative estimate of drug-likeness (QED) is 0.701. The molecule has 0 radical (unpaired) electrons. The van der Waals surface area contributed by atoms with E-state index in [4.69, 9.17) is 9.40 Å². The Kier molecular flexibility index (Phi) is 4.06. The summed E-state index contributed by atoms with van der Waals surface area (Å²) in [6.07, 6.45) is 7.24. The highest BCUT2D eigenvalue weighted by Gasteiger charge is 2.21. The van der Waals surface area contributed by atoms with Gasteiger partial charge in [0.2, 0.25) is 0 Å². The van der Waals surface area contributed by atoms with Crippen molar-refractivity contribution in [2.24, 2.45) is 0 Å². The number of nitrogens with zero attached hydrogens (tertiary/aromatic N) is 3. The van der Waals surface area contributed by atoms with Gasteiger partial charge < -0.3 is 14.3 Å². The van der Waals surface area contributed by atoms with Crippen molar-refractivity contribution in [3.63, 3.8) is 0 Å². The second-order valence-electron chi connectivity index (χ2n) is 5.96. The Hall–Kier alpha value is -2.21. The van der Waals surface area contributed by atoms with Crippen LogP contribution in [0.2, 0.25) is 0 Å². The summed E-state index contributed by atoms with van der Waals surface area (Å²) in [4.78, 5) is 10.5. The summed E-state index contributed by atoms with van der Waals surface area (Å²) < 4.78 is 7.91. The Morgan fingerprint density at radius 1 is 1.17 bits per heavy atom. The summed E-state index contributed by atoms with van der Waals surface area (Å²) in [5.74, 6) is 1.17. The normalized spacial score (nSPS) is 13.8. The number of aryl methyl sites for hydroxylation is 2. The molecule has 124 valence electrons. The summed E-state index contributed by atoms with van der Waals surface area (Å²) in [7, 11) is 0. The summed E-state index contributed by atoms with van der Waals surface area (Å²) in [5, 5.41) is 3.22. The van der Waals surface area contributed by atoms with Crippen molar-refractivity contribution in [1.29, 1.82) is 0 Å². The van der Waals surface area contributed by atoms with Crippen LogP contribution in [0.4, 0.5) is 11.7 Å². The molecule has 0 saturated heterocycles. The van der Waals surface area contributed by atoms with E-state index in [0.29, 0.717) is 6.01 Å². The number of hydrogen-bond donors (Lipinski definition) is 1. The summed E-state index contributed by atoms with van der Waals surface area (Å²) in [6.45, 7) is 3.06. The van der Waals surface area contributed by atoms with Crippen LogP contribution in [0.15, 0.2) is 39.8 Å². The molecule has 0 bridgehead atoms. The lowest BCUT2D eigenvalue weighted by molar-refractivity contribution is 0.525. The minimum absolute atomic E-state index is 0.507. The number of hydrogen-bond acceptors (Lipinski definition) is 5. The van der Waals surface area contributed by atoms with Crippen LogP contribution in [0, 0.1) is 6.92 Å². The lowest BCUT2D eigenvalue weighted by Crippen LogP contribution is -2.11. The van der Waals surface area contributed by atoms with E-state index in [0.717, 1.165) is 35.7 Å². The van der Waals surface area contributed by atoms with E-state index in [2.05, 4.69) is 33.3 Å². The van der Waals surface area contributed by atoms with Gasteiger partial charge in [-0.1, -0.05) is 0 Å². The third-order valence-corrected chi connectivity index (χ3v) is 5.08. The number of nitrogens with one attached hydrogen (secondary N) is 1. The fourth-order valence-electron chi connectivity index (χ4n) is 3.18. The van der Waals surface area contributed by atoms with E-state index in [1.54, 1.807) is 18.0 Å². The molecule has 24 heavy (non-hydrogen) atoms. The number of oxazole rings is 1. The van der Waals surface area contributed by atoms with Crippen molar-refractivity contribution >= 4 is 23.5 Å². The van der Waals surface area contributed by atoms with Crippen LogP contribution in [0.5, 0.6) is 0 Å². The van der Waals surface area contributed by atoms with E-state index in [9.17, 15) is 0 Å². The van der Waals surface area contributed by atoms with E-state index in [1.165, 1.54) is 23.6 Å². The van der Waals surface area contributed by atoms with Gasteiger partial charge in [0, 0.05) is 23.5 Å². The maximum absolute atomic E-state index is 5.63. The molecule has 3 heterocycles. The zero-order chi connectivity index (χ0) is 16.5. The lowest BCUT2D eigenvalue weighted by atomic mass is 10.1. The Morgan fingerprint density at radius 2 is 2.00 bits per heavy atom. The molecule has 1 aliphatic rings. The second-order valence-corrected chi connectivity index (χ2v) is 6.84. The maximum Gasteiger partial charge on any atom is 0.299 e. The molecule has 4 rings (SSSR count). The molecule has 1 aromatic carbocycles. The largest absolute Gasteiger partial charge is 0.431 e. The molecule has 6 heteroatoms. The molecule has 3 aromatic rings. The van der Waals surface area contributed by atoms with E-state index in [-0.39, 0.29) is 0 Å². The van der Waals surface area contributed by atoms with Gasteiger partial charge in [-0.25, -0.2) is 4.98 Å². The van der Waals surface area contributed by atoms with E-state index < -0.39 is 0 Å². The molecular weight excluding hydrogens is 320 g/mol. The fraction of sp³-hybridized carbons (Fsp3) is 0.333. The van der Waals surface area contributed by atoms with Crippen LogP contribution in [0.1, 0.15) is 24.4 Å². The minimum atomic E-state index is 0.507. The van der Waals surface area contributed by atoms with Gasteiger partial charge in [0.05, 0.1) is 11.4 Å². The monoisotopic (exact) mass is 340 g/mol. The lowest BCUT2D eigenvalue weighted by Gasteiger charge is -2.15. The van der Waals surface area contributed by atoms with Crippen LogP contribution in [-0.4, -0.2) is 20.8 Å². The Morgan fingerprint density at radius 3 is 2.79 bits per heavy atom. The van der Waals surface area contributed by atoms with Gasteiger partial charge in [-0.2, -0.15) is 4.98 Å². The van der Waals surface area contributed by atoms with Crippen molar-refractivity contribution in [2.75, 3.05) is 11.6 Å². The molecule has 5 nitrogen and oxygen atoms in total. The number of imidazole rings is 1. The molecule has 0 atom stereocenters. The first-order valence-electron chi connectivity index (χ1n) is 8.17. The predicted octanol–water partition coefficient (Wildman–Crippen LogP) is 4.65. The van der Waals surface area contributed by atoms with Gasteiger partial charge in [0.25, 0.3) is 6.01 Å². The molecule has 0 spiro atoms. The van der Waals surface area contributed by atoms with Gasteiger partial charge in [-0.15, -0.1) is 11.8 Å². The summed E-state index contributed by atoms with van der Waals surface area (Å²) >= 11 is 1.72. The zero-order valence-electron chi connectivity index (χ0n) is 13.9. The number of rotatable bonds is 4. The third-order valence-electron chi connectivity index (χ3n) is 4.34. The molecule has 0 saturated carbocycles. The zero-order valence-corrected chi connectivity index (χ0v) is 14.7. The minimum Gasteiger partial charge on any atom is -0.431 e. The van der Waals surface area contributed by atoms with Gasteiger partial charge in [-0.3, -0.25) is 0 Å². The van der Waals surface area contributed by atoms with Gasteiger partial charge in [0.1, 0.15) is 17.8 Å². The Labute approximate surface area is 145 Å². The van der Waals surface area contributed by atoms with Gasteiger partial charge >= 0.3 is 0 Å². The fourth-order valence-corrected chi connectivity index (χ4v) is 3.59. The van der Waals surface area contributed by atoms with Crippen molar-refractivity contribution in [1.82, 2.24) is 14.5 Å². The number of anilines is 2. The third kappa shape index (κ3) is 2.82. The summed E-state index contributed by atoms with van der Waals surface area (Å²) in [5.41, 5.74) is 3.92. The molecular formula is C18H20N4OS. The van der Waals surface area contributed by atoms with Crippen LogP contribution in [0.25, 0.3) is 11.4 Å². The number of aromatic nitrogens is 3. The highest BCUT2D eigenvalue weighted by Crippen LogP contribution is 2.29. The molecule has 0 fully saturated rings. The number of fused-ring (bicyclic) bond motifs is 1. The van der Waals surface area contributed by atoms with Crippen molar-refractivity contribution in [3.8, 4) is 11.4 Å². The molecule has 0 unspecified atom stereocenters. The van der Waals surface area contributed by atoms with E-state index in [1.807, 2.05) is 19.1 Å². The van der Waals surface area contributed by atoms with E-state index >= 15 is 0 Å². The maximum atomic E-state index is 5.63. The summed E-state index contributed by atoms with van der Waals surface area (Å²) in [6, 6.07) is 8.72. The second kappa shape index (κ2) is 6.36. The smallest absolute Gasteiger partial charge is 0.299 e. The van der Waals surface area contributed by atoms with Gasteiger partial charge in [-0.05, 0) is 50.3 Å². The molecule has 1 aliphatic heterocycles. The highest BCUT2D eigenvalue weighted by molar-refractivity contribution is 7.98. The first kappa shape index (κ1) is 15.3. The molecule has 0 amide bonds. The topological polar surface area (TPSA) is 55.9 Å².